The van der Waals surface area contributed by atoms with Gasteiger partial charge in [-0.3, -0.25) is 0 Å². The monoisotopic (exact) mass is 274 g/mol. The van der Waals surface area contributed by atoms with Crippen molar-refractivity contribution in [1.29, 1.82) is 0 Å². The first-order valence-electron chi connectivity index (χ1n) is 8.23. The summed E-state index contributed by atoms with van der Waals surface area (Å²) in [5.74, 6) is 0. The molecule has 0 heterocycles. The van der Waals surface area contributed by atoms with Gasteiger partial charge in [-0.25, -0.2) is 0 Å². The van der Waals surface area contributed by atoms with Crippen molar-refractivity contribution in [2.75, 3.05) is 27.3 Å². The SMILES string of the molecule is CCCCCCCCCCCC[N+](CC)(OC)OC. The first-order chi connectivity index (χ1) is 9.24. The molecule has 0 aromatic carbocycles. The molecule has 3 nitrogen and oxygen atoms in total. The number of unbranched alkanes of at least 4 members (excludes halogenated alkanes) is 9. The van der Waals surface area contributed by atoms with Gasteiger partial charge in [-0.1, -0.05) is 58.3 Å². The van der Waals surface area contributed by atoms with Crippen molar-refractivity contribution >= 4 is 0 Å². The van der Waals surface area contributed by atoms with Crippen molar-refractivity contribution in [2.24, 2.45) is 0 Å². The molecule has 0 aliphatic rings. The molecule has 0 saturated carbocycles. The third-order valence-electron chi connectivity index (χ3n) is 4.00. The van der Waals surface area contributed by atoms with E-state index in [1.165, 1.54) is 64.2 Å². The van der Waals surface area contributed by atoms with Crippen molar-refractivity contribution < 1.29 is 14.5 Å². The maximum Gasteiger partial charge on any atom is 0.142 e. The molecule has 0 atom stereocenters. The van der Waals surface area contributed by atoms with Gasteiger partial charge in [0.2, 0.25) is 0 Å². The molecule has 0 aromatic rings. The van der Waals surface area contributed by atoms with E-state index in [0.29, 0.717) is 4.81 Å². The van der Waals surface area contributed by atoms with Crippen LogP contribution in [0.4, 0.5) is 0 Å². The van der Waals surface area contributed by atoms with Gasteiger partial charge in [-0.2, -0.15) is 9.68 Å². The molecule has 0 spiro atoms. The molecule has 0 unspecified atom stereocenters. The Balaban J connectivity index is 3.35. The molecular formula is C16H36NO2+. The third-order valence-corrected chi connectivity index (χ3v) is 4.00. The molecule has 3 heteroatoms. The summed E-state index contributed by atoms with van der Waals surface area (Å²) in [5.41, 5.74) is 0. The van der Waals surface area contributed by atoms with E-state index in [4.69, 9.17) is 9.68 Å². The van der Waals surface area contributed by atoms with Crippen molar-refractivity contribution in [3.63, 3.8) is 0 Å². The maximum atomic E-state index is 5.43. The minimum Gasteiger partial charge on any atom is -0.171 e. The number of hydrogen-bond donors (Lipinski definition) is 0. The van der Waals surface area contributed by atoms with Crippen LogP contribution in [0.25, 0.3) is 0 Å². The number of rotatable bonds is 14. The summed E-state index contributed by atoms with van der Waals surface area (Å²) in [4.78, 5) is 11.2. The fraction of sp³-hybridized carbons (Fsp3) is 1.00. The van der Waals surface area contributed by atoms with Crippen molar-refractivity contribution in [1.82, 2.24) is 0 Å². The van der Waals surface area contributed by atoms with E-state index in [2.05, 4.69) is 13.8 Å². The lowest BCUT2D eigenvalue weighted by Crippen LogP contribution is -2.46. The Bertz CT molecular complexity index is 173. The van der Waals surface area contributed by atoms with Crippen LogP contribution in [0.2, 0.25) is 0 Å². The minimum absolute atomic E-state index is 0.330. The normalized spacial score (nSPS) is 12.0. The van der Waals surface area contributed by atoms with Gasteiger partial charge >= 0.3 is 0 Å². The van der Waals surface area contributed by atoms with Gasteiger partial charge in [-0.05, 0) is 18.2 Å². The largest absolute Gasteiger partial charge is 0.171 e. The topological polar surface area (TPSA) is 18.5 Å². The summed E-state index contributed by atoms with van der Waals surface area (Å²) >= 11 is 0. The van der Waals surface area contributed by atoms with Crippen LogP contribution in [0.5, 0.6) is 0 Å². The van der Waals surface area contributed by atoms with Gasteiger partial charge in [0.25, 0.3) is 0 Å². The van der Waals surface area contributed by atoms with E-state index in [0.717, 1.165) is 13.1 Å². The van der Waals surface area contributed by atoms with E-state index in [1.807, 2.05) is 0 Å². The summed E-state index contributed by atoms with van der Waals surface area (Å²) in [6.07, 6.45) is 13.7. The maximum absolute atomic E-state index is 5.43. The summed E-state index contributed by atoms with van der Waals surface area (Å²) in [6, 6.07) is 0. The molecule has 0 fully saturated rings. The summed E-state index contributed by atoms with van der Waals surface area (Å²) in [7, 11) is 3.45. The van der Waals surface area contributed by atoms with Crippen LogP contribution in [0.3, 0.4) is 0 Å². The van der Waals surface area contributed by atoms with Crippen molar-refractivity contribution in [3.05, 3.63) is 0 Å². The summed E-state index contributed by atoms with van der Waals surface area (Å²) in [6.45, 7) is 6.20. The zero-order valence-corrected chi connectivity index (χ0v) is 13.7. The lowest BCUT2D eigenvalue weighted by molar-refractivity contribution is -1.24. The molecule has 0 radical (unpaired) electrons. The van der Waals surface area contributed by atoms with Crippen molar-refractivity contribution in [2.45, 2.75) is 78.1 Å². The summed E-state index contributed by atoms with van der Waals surface area (Å²) < 4.78 is 0. The lowest BCUT2D eigenvalue weighted by Gasteiger charge is -2.28. The molecule has 0 N–H and O–H groups in total. The number of hydrogen-bond acceptors (Lipinski definition) is 2. The molecule has 0 aromatic heterocycles. The predicted octanol–water partition coefficient (Wildman–Crippen LogP) is 4.87. The molecule has 0 bridgehead atoms. The van der Waals surface area contributed by atoms with Gasteiger partial charge in [0, 0.05) is 6.42 Å². The minimum atomic E-state index is 0.330. The standard InChI is InChI=1S/C16H36NO2/c1-5-7-8-9-10-11-12-13-14-15-16-17(6-2,18-3)19-4/h5-16H2,1-4H3/q+1. The van der Waals surface area contributed by atoms with E-state index >= 15 is 0 Å². The van der Waals surface area contributed by atoms with E-state index in [1.54, 1.807) is 14.2 Å². The fourth-order valence-electron chi connectivity index (χ4n) is 2.51. The van der Waals surface area contributed by atoms with Gasteiger partial charge in [0.1, 0.15) is 13.1 Å². The summed E-state index contributed by atoms with van der Waals surface area (Å²) in [5, 5.41) is 0. The molecule has 0 aliphatic carbocycles. The van der Waals surface area contributed by atoms with Crippen molar-refractivity contribution in [3.8, 4) is 0 Å². The van der Waals surface area contributed by atoms with Crippen LogP contribution in [0.15, 0.2) is 0 Å². The van der Waals surface area contributed by atoms with Crippen LogP contribution in [0, 0.1) is 0 Å². The van der Waals surface area contributed by atoms with Crippen LogP contribution >= 0.6 is 0 Å². The smallest absolute Gasteiger partial charge is 0.142 e. The highest BCUT2D eigenvalue weighted by molar-refractivity contribution is 4.47. The second-order valence-electron chi connectivity index (χ2n) is 5.40. The molecule has 0 saturated heterocycles. The Hall–Kier alpha value is -0.120. The van der Waals surface area contributed by atoms with Crippen LogP contribution < -0.4 is 0 Å². The average Bonchev–Trinajstić information content (AvgIpc) is 2.46. The van der Waals surface area contributed by atoms with Gasteiger partial charge in [-0.15, -0.1) is 0 Å². The fourth-order valence-corrected chi connectivity index (χ4v) is 2.51. The Morgan fingerprint density at radius 1 is 0.632 bits per heavy atom. The lowest BCUT2D eigenvalue weighted by atomic mass is 10.1. The molecule has 0 aliphatic heterocycles. The van der Waals surface area contributed by atoms with Gasteiger partial charge in [0.15, 0.2) is 0 Å². The molecule has 0 amide bonds. The highest BCUT2D eigenvalue weighted by atomic mass is 17.0. The number of nitrogens with zero attached hydrogens (tertiary/aromatic N) is 1. The zero-order chi connectivity index (χ0) is 14.4. The van der Waals surface area contributed by atoms with Gasteiger partial charge in [0.05, 0.1) is 14.2 Å². The quantitative estimate of drug-likeness (QED) is 0.256. The first-order valence-corrected chi connectivity index (χ1v) is 8.23. The van der Waals surface area contributed by atoms with Crippen LogP contribution in [-0.2, 0) is 9.68 Å². The Morgan fingerprint density at radius 2 is 1.05 bits per heavy atom. The second kappa shape index (κ2) is 12.9. The zero-order valence-electron chi connectivity index (χ0n) is 13.7. The van der Waals surface area contributed by atoms with Gasteiger partial charge < -0.3 is 0 Å². The highest BCUT2D eigenvalue weighted by Gasteiger charge is 2.25. The van der Waals surface area contributed by atoms with E-state index in [-0.39, 0.29) is 0 Å². The second-order valence-corrected chi connectivity index (χ2v) is 5.40. The number of quaternary nitrogens is 1. The molecule has 19 heavy (non-hydrogen) atoms. The average molecular weight is 274 g/mol. The van der Waals surface area contributed by atoms with Crippen LogP contribution in [0.1, 0.15) is 78.1 Å². The highest BCUT2D eigenvalue weighted by Crippen LogP contribution is 2.13. The molecule has 116 valence electrons. The first kappa shape index (κ1) is 18.9. The molecule has 0 rings (SSSR count). The molecular weight excluding hydrogens is 238 g/mol. The third kappa shape index (κ3) is 9.42. The van der Waals surface area contributed by atoms with Crippen LogP contribution in [-0.4, -0.2) is 32.1 Å². The Morgan fingerprint density at radius 3 is 1.42 bits per heavy atom. The Kier molecular flexibility index (Phi) is 12.8. The van der Waals surface area contributed by atoms with E-state index in [9.17, 15) is 0 Å². The van der Waals surface area contributed by atoms with E-state index < -0.39 is 0 Å². The predicted molar refractivity (Wildman–Crippen MR) is 81.5 cm³/mol. The number of hydroxylamine groups is 4. The Labute approximate surface area is 120 Å².